The molecule has 174 valence electrons. The number of hydrogen-bond acceptors (Lipinski definition) is 9. The third kappa shape index (κ3) is 21.6. The maximum absolute atomic E-state index is 5.84. The van der Waals surface area contributed by atoms with E-state index in [0.717, 1.165) is 12.2 Å². The lowest BCUT2D eigenvalue weighted by Crippen LogP contribution is -2.31. The van der Waals surface area contributed by atoms with Crippen LogP contribution in [0, 0.1) is 5.92 Å². The Morgan fingerprint density at radius 3 is 1.59 bits per heavy atom. The molecule has 0 radical (unpaired) electrons. The van der Waals surface area contributed by atoms with Gasteiger partial charge in [-0.25, -0.2) is 5.84 Å². The van der Waals surface area contributed by atoms with Gasteiger partial charge >= 0.3 is 0 Å². The number of allylic oxidation sites excluding steroid dienone is 1. The molecule has 0 aliphatic rings. The fraction of sp³-hybridized carbons (Fsp3) is 0.900. The molecule has 0 atom stereocenters. The van der Waals surface area contributed by atoms with Crippen LogP contribution in [-0.2, 0) is 23.7 Å². The van der Waals surface area contributed by atoms with Gasteiger partial charge in [0.05, 0.1) is 72.6 Å². The fourth-order valence-corrected chi connectivity index (χ4v) is 1.98. The highest BCUT2D eigenvalue weighted by molar-refractivity contribution is 4.97. The summed E-state index contributed by atoms with van der Waals surface area (Å²) in [6, 6.07) is 0.489. The molecule has 0 amide bonds. The second-order valence-corrected chi connectivity index (χ2v) is 7.19. The first kappa shape index (κ1) is 28.1. The lowest BCUT2D eigenvalue weighted by molar-refractivity contribution is -0.0115. The van der Waals surface area contributed by atoms with Gasteiger partial charge in [0.15, 0.2) is 0 Å². The van der Waals surface area contributed by atoms with Gasteiger partial charge in [-0.1, -0.05) is 27.7 Å². The van der Waals surface area contributed by atoms with E-state index in [1.54, 1.807) is 11.2 Å². The summed E-state index contributed by atoms with van der Waals surface area (Å²) in [5.41, 5.74) is 6.60. The third-order valence-corrected chi connectivity index (χ3v) is 3.76. The highest BCUT2D eigenvalue weighted by Gasteiger charge is 2.00. The van der Waals surface area contributed by atoms with E-state index >= 15 is 0 Å². The van der Waals surface area contributed by atoms with E-state index in [0.29, 0.717) is 78.7 Å². The topological polar surface area (TPSA) is 113 Å². The van der Waals surface area contributed by atoms with Crippen LogP contribution in [0.5, 0.6) is 0 Å². The number of hydrogen-bond donors (Lipinski definition) is 3. The molecular formula is C20H44N4O5. The van der Waals surface area contributed by atoms with Gasteiger partial charge in [0.2, 0.25) is 0 Å². The van der Waals surface area contributed by atoms with Gasteiger partial charge in [0.1, 0.15) is 0 Å². The second kappa shape index (κ2) is 20.3. The summed E-state index contributed by atoms with van der Waals surface area (Å²) in [4.78, 5) is 0. The van der Waals surface area contributed by atoms with Gasteiger partial charge in [-0.05, 0) is 5.92 Å². The Bertz CT molecular complexity index is 384. The predicted molar refractivity (Wildman–Crippen MR) is 115 cm³/mol. The first-order valence-corrected chi connectivity index (χ1v) is 10.5. The first-order valence-electron chi connectivity index (χ1n) is 10.5. The van der Waals surface area contributed by atoms with Gasteiger partial charge in [-0.2, -0.15) is 0 Å². The summed E-state index contributed by atoms with van der Waals surface area (Å²) in [6.07, 6.45) is 1.74. The van der Waals surface area contributed by atoms with Crippen LogP contribution in [0.15, 0.2) is 11.9 Å². The largest absolute Gasteiger partial charge is 0.401 e. The summed E-state index contributed by atoms with van der Waals surface area (Å²) in [6.45, 7) is 15.3. The Morgan fingerprint density at radius 2 is 1.17 bits per heavy atom. The van der Waals surface area contributed by atoms with Gasteiger partial charge in [-0.3, -0.25) is 0 Å². The molecule has 9 nitrogen and oxygen atoms in total. The average Bonchev–Trinajstić information content (AvgIpc) is 2.66. The van der Waals surface area contributed by atoms with Gasteiger partial charge in [0.25, 0.3) is 0 Å². The molecule has 0 aliphatic carbocycles. The molecule has 0 rings (SSSR count). The molecule has 29 heavy (non-hydrogen) atoms. The molecule has 5 N–H and O–H groups in total. The van der Waals surface area contributed by atoms with Crippen molar-refractivity contribution in [3.8, 4) is 0 Å². The SMILES string of the molecule is CC(C)NCCOCCOCCOCCOCCOCCN(N)/C=C(\N)C(C)C. The van der Waals surface area contributed by atoms with Crippen LogP contribution < -0.4 is 16.9 Å². The van der Waals surface area contributed by atoms with E-state index in [-0.39, 0.29) is 5.92 Å². The zero-order valence-corrected chi connectivity index (χ0v) is 18.9. The Balaban J connectivity index is 3.20. The summed E-state index contributed by atoms with van der Waals surface area (Å²) in [5.74, 6) is 6.10. The highest BCUT2D eigenvalue weighted by Crippen LogP contribution is 2.01. The maximum Gasteiger partial charge on any atom is 0.0701 e. The van der Waals surface area contributed by atoms with Crippen LogP contribution in [-0.4, -0.2) is 90.2 Å². The lowest BCUT2D eigenvalue weighted by atomic mass is 10.2. The maximum atomic E-state index is 5.84. The fourth-order valence-electron chi connectivity index (χ4n) is 1.98. The molecule has 0 spiro atoms. The molecule has 0 heterocycles. The van der Waals surface area contributed by atoms with Crippen LogP contribution in [0.2, 0.25) is 0 Å². The zero-order valence-electron chi connectivity index (χ0n) is 18.9. The molecule has 0 aromatic carbocycles. The summed E-state index contributed by atoms with van der Waals surface area (Å²) < 4.78 is 27.2. The molecule has 0 aliphatic heterocycles. The van der Waals surface area contributed by atoms with Crippen molar-refractivity contribution in [2.45, 2.75) is 33.7 Å². The average molecular weight is 421 g/mol. The number of nitrogens with two attached hydrogens (primary N) is 2. The van der Waals surface area contributed by atoms with Crippen molar-refractivity contribution >= 4 is 0 Å². The third-order valence-electron chi connectivity index (χ3n) is 3.76. The molecule has 0 aromatic rings. The monoisotopic (exact) mass is 420 g/mol. The standard InChI is InChI=1S/C20H44N4O5/c1-18(2)20(21)17-24(22)6-8-26-10-12-28-14-16-29-15-13-27-11-9-25-7-5-23-19(3)4/h17-19,23H,5-16,21-22H2,1-4H3/b20-17-. The Kier molecular flexibility index (Phi) is 19.7. The Labute approximate surface area is 177 Å². The number of nitrogens with one attached hydrogen (secondary N) is 1. The van der Waals surface area contributed by atoms with E-state index < -0.39 is 0 Å². The summed E-state index contributed by atoms with van der Waals surface area (Å²) in [5, 5.41) is 4.83. The number of rotatable bonds is 21. The predicted octanol–water partition coefficient (Wildman–Crippen LogP) is 0.699. The normalized spacial score (nSPS) is 12.3. The van der Waals surface area contributed by atoms with E-state index in [9.17, 15) is 0 Å². The van der Waals surface area contributed by atoms with Crippen molar-refractivity contribution in [3.05, 3.63) is 11.9 Å². The quantitative estimate of drug-likeness (QED) is 0.140. The molecule has 9 heteroatoms. The van der Waals surface area contributed by atoms with Gasteiger partial charge in [-0.15, -0.1) is 0 Å². The van der Waals surface area contributed by atoms with Crippen molar-refractivity contribution in [1.29, 1.82) is 0 Å². The molecule has 0 fully saturated rings. The van der Waals surface area contributed by atoms with Crippen molar-refractivity contribution in [1.82, 2.24) is 10.3 Å². The van der Waals surface area contributed by atoms with Crippen LogP contribution in [0.4, 0.5) is 0 Å². The Morgan fingerprint density at radius 1 is 0.759 bits per heavy atom. The minimum absolute atomic E-state index is 0.278. The van der Waals surface area contributed by atoms with Gasteiger partial charge < -0.3 is 39.7 Å². The minimum Gasteiger partial charge on any atom is -0.401 e. The van der Waals surface area contributed by atoms with E-state index in [2.05, 4.69) is 19.2 Å². The van der Waals surface area contributed by atoms with Crippen molar-refractivity contribution < 1.29 is 23.7 Å². The zero-order chi connectivity index (χ0) is 21.7. The van der Waals surface area contributed by atoms with Crippen molar-refractivity contribution in [2.75, 3.05) is 79.2 Å². The van der Waals surface area contributed by atoms with E-state index in [4.69, 9.17) is 35.3 Å². The van der Waals surface area contributed by atoms with Crippen molar-refractivity contribution in [3.63, 3.8) is 0 Å². The molecule has 0 bridgehead atoms. The second-order valence-electron chi connectivity index (χ2n) is 7.19. The molecular weight excluding hydrogens is 376 g/mol. The number of ether oxygens (including phenoxy) is 5. The van der Waals surface area contributed by atoms with Crippen LogP contribution >= 0.6 is 0 Å². The first-order chi connectivity index (χ1) is 13.9. The molecule has 0 saturated carbocycles. The van der Waals surface area contributed by atoms with Crippen LogP contribution in [0.1, 0.15) is 27.7 Å². The van der Waals surface area contributed by atoms with E-state index in [1.165, 1.54) is 0 Å². The molecule has 0 unspecified atom stereocenters. The van der Waals surface area contributed by atoms with E-state index in [1.807, 2.05) is 13.8 Å². The summed E-state index contributed by atoms with van der Waals surface area (Å²) in [7, 11) is 0. The molecule has 0 saturated heterocycles. The highest BCUT2D eigenvalue weighted by atomic mass is 16.6. The Hall–Kier alpha value is -0.940. The number of nitrogens with zero attached hydrogens (tertiary/aromatic N) is 1. The summed E-state index contributed by atoms with van der Waals surface area (Å²) >= 11 is 0. The number of hydrazine groups is 1. The van der Waals surface area contributed by atoms with Gasteiger partial charge in [0, 0.05) is 24.5 Å². The molecule has 0 aromatic heterocycles. The van der Waals surface area contributed by atoms with Crippen LogP contribution in [0.3, 0.4) is 0 Å². The smallest absolute Gasteiger partial charge is 0.0701 e. The lowest BCUT2D eigenvalue weighted by Gasteiger charge is -2.16. The van der Waals surface area contributed by atoms with Crippen LogP contribution in [0.25, 0.3) is 0 Å². The minimum atomic E-state index is 0.278. The van der Waals surface area contributed by atoms with Crippen molar-refractivity contribution in [2.24, 2.45) is 17.5 Å².